The van der Waals surface area contributed by atoms with Crippen LogP contribution in [0.2, 0.25) is 0 Å². The lowest BCUT2D eigenvalue weighted by atomic mass is 9.82. The van der Waals surface area contributed by atoms with Gasteiger partial charge in [0.25, 0.3) is 5.91 Å². The summed E-state index contributed by atoms with van der Waals surface area (Å²) in [6.07, 6.45) is 1.80. The first kappa shape index (κ1) is 17.4. The number of aryl methyl sites for hydroxylation is 1. The lowest BCUT2D eigenvalue weighted by Crippen LogP contribution is -2.33. The van der Waals surface area contributed by atoms with Gasteiger partial charge < -0.3 is 10.7 Å². The van der Waals surface area contributed by atoms with Gasteiger partial charge in [-0.1, -0.05) is 41.0 Å². The lowest BCUT2D eigenvalue weighted by molar-refractivity contribution is 0.0937. The first-order valence-corrected chi connectivity index (χ1v) is 7.53. The first-order chi connectivity index (χ1) is 9.77. The van der Waals surface area contributed by atoms with Crippen LogP contribution in [0.3, 0.4) is 0 Å². The highest BCUT2D eigenvalue weighted by Crippen LogP contribution is 2.24. The normalized spacial score (nSPS) is 12.9. The number of aromatic nitrogens is 1. The van der Waals surface area contributed by atoms with E-state index >= 15 is 0 Å². The molecule has 21 heavy (non-hydrogen) atoms. The number of hydrogen-bond donors (Lipinski definition) is 3. The average Bonchev–Trinajstić information content (AvgIpc) is 2.43. The van der Waals surface area contributed by atoms with Crippen molar-refractivity contribution in [2.45, 2.75) is 47.5 Å². The third kappa shape index (κ3) is 5.34. The topological polar surface area (TPSA) is 80.0 Å². The number of nitrogens with one attached hydrogen (secondary N) is 2. The van der Waals surface area contributed by atoms with Crippen LogP contribution in [0, 0.1) is 11.3 Å². The number of hydrazine groups is 1. The van der Waals surface area contributed by atoms with Crippen LogP contribution >= 0.6 is 0 Å². The quantitative estimate of drug-likeness (QED) is 0.556. The van der Waals surface area contributed by atoms with Gasteiger partial charge >= 0.3 is 0 Å². The zero-order valence-corrected chi connectivity index (χ0v) is 13.8. The van der Waals surface area contributed by atoms with Crippen LogP contribution in [-0.4, -0.2) is 17.4 Å². The standard InChI is InChI=1S/C16H28N4O/c1-6-7-13-8-12(9-14(19-13)20-17)15(21)18-10-11(2)16(3,4)5/h8-9,11H,6-7,10,17H2,1-5H3,(H,18,21)(H,19,20). The summed E-state index contributed by atoms with van der Waals surface area (Å²) in [5.74, 6) is 6.25. The van der Waals surface area contributed by atoms with Crippen LogP contribution in [0.4, 0.5) is 5.82 Å². The molecule has 5 heteroatoms. The number of nitrogens with two attached hydrogens (primary N) is 1. The van der Waals surface area contributed by atoms with Crippen molar-refractivity contribution in [3.63, 3.8) is 0 Å². The van der Waals surface area contributed by atoms with Gasteiger partial charge in [0.1, 0.15) is 5.82 Å². The zero-order valence-electron chi connectivity index (χ0n) is 13.8. The molecule has 1 aromatic heterocycles. The molecule has 4 N–H and O–H groups in total. The van der Waals surface area contributed by atoms with Crippen molar-refractivity contribution in [2.75, 3.05) is 12.0 Å². The summed E-state index contributed by atoms with van der Waals surface area (Å²) in [6, 6.07) is 3.51. The van der Waals surface area contributed by atoms with Crippen molar-refractivity contribution >= 4 is 11.7 Å². The fourth-order valence-corrected chi connectivity index (χ4v) is 1.83. The number of hydrogen-bond acceptors (Lipinski definition) is 4. The molecule has 1 amide bonds. The number of nitrogens with zero attached hydrogens (tertiary/aromatic N) is 1. The van der Waals surface area contributed by atoms with E-state index in [1.54, 1.807) is 6.07 Å². The fraction of sp³-hybridized carbons (Fsp3) is 0.625. The molecule has 0 saturated carbocycles. The predicted octanol–water partition coefficient (Wildman–Crippen LogP) is 2.73. The van der Waals surface area contributed by atoms with Gasteiger partial charge in [-0.3, -0.25) is 4.79 Å². The fourth-order valence-electron chi connectivity index (χ4n) is 1.83. The number of carbonyl (C=O) groups excluding carboxylic acids is 1. The highest BCUT2D eigenvalue weighted by molar-refractivity contribution is 5.95. The first-order valence-electron chi connectivity index (χ1n) is 7.53. The van der Waals surface area contributed by atoms with Crippen LogP contribution in [0.15, 0.2) is 12.1 Å². The Balaban J connectivity index is 2.79. The third-order valence-electron chi connectivity index (χ3n) is 3.84. The second kappa shape index (κ2) is 7.41. The minimum absolute atomic E-state index is 0.0812. The molecule has 118 valence electrons. The van der Waals surface area contributed by atoms with E-state index in [1.165, 1.54) is 0 Å². The number of nitrogen functional groups attached to an aromatic ring is 1. The smallest absolute Gasteiger partial charge is 0.251 e. The molecule has 1 aromatic rings. The van der Waals surface area contributed by atoms with Crippen molar-refractivity contribution in [1.29, 1.82) is 0 Å². The number of pyridine rings is 1. The van der Waals surface area contributed by atoms with Crippen LogP contribution in [0.5, 0.6) is 0 Å². The van der Waals surface area contributed by atoms with Crippen LogP contribution in [-0.2, 0) is 6.42 Å². The number of amides is 1. The van der Waals surface area contributed by atoms with E-state index in [1.807, 2.05) is 6.07 Å². The number of carbonyl (C=O) groups is 1. The summed E-state index contributed by atoms with van der Waals surface area (Å²) < 4.78 is 0. The Morgan fingerprint density at radius 2 is 2.05 bits per heavy atom. The second-order valence-electron chi connectivity index (χ2n) is 6.60. The van der Waals surface area contributed by atoms with E-state index < -0.39 is 0 Å². The van der Waals surface area contributed by atoms with E-state index in [2.05, 4.69) is 50.3 Å². The SMILES string of the molecule is CCCc1cc(C(=O)NCC(C)C(C)(C)C)cc(NN)n1. The molecule has 0 aliphatic heterocycles. The number of rotatable bonds is 6. The maximum absolute atomic E-state index is 12.3. The van der Waals surface area contributed by atoms with E-state index in [0.717, 1.165) is 18.5 Å². The molecule has 0 fully saturated rings. The van der Waals surface area contributed by atoms with Crippen molar-refractivity contribution in [2.24, 2.45) is 17.2 Å². The van der Waals surface area contributed by atoms with Gasteiger partial charge in [-0.15, -0.1) is 0 Å². The van der Waals surface area contributed by atoms with Crippen LogP contribution in [0.25, 0.3) is 0 Å². The molecule has 1 unspecified atom stereocenters. The van der Waals surface area contributed by atoms with Gasteiger partial charge in [-0.25, -0.2) is 10.8 Å². The Labute approximate surface area is 127 Å². The van der Waals surface area contributed by atoms with E-state index in [0.29, 0.717) is 23.8 Å². The minimum Gasteiger partial charge on any atom is -0.352 e. The molecule has 5 nitrogen and oxygen atoms in total. The van der Waals surface area contributed by atoms with E-state index in [4.69, 9.17) is 5.84 Å². The molecule has 0 bridgehead atoms. The van der Waals surface area contributed by atoms with Gasteiger partial charge in [-0.2, -0.15) is 0 Å². The molecule has 0 aliphatic carbocycles. The van der Waals surface area contributed by atoms with Gasteiger partial charge in [0.05, 0.1) is 0 Å². The molecule has 0 aliphatic rings. The maximum atomic E-state index is 12.3. The second-order valence-corrected chi connectivity index (χ2v) is 6.60. The Bertz CT molecular complexity index is 480. The Hall–Kier alpha value is -1.62. The third-order valence-corrected chi connectivity index (χ3v) is 3.84. The summed E-state index contributed by atoms with van der Waals surface area (Å²) in [4.78, 5) is 16.6. The van der Waals surface area contributed by atoms with Crippen molar-refractivity contribution < 1.29 is 4.79 Å². The summed E-state index contributed by atoms with van der Waals surface area (Å²) in [5.41, 5.74) is 4.16. The summed E-state index contributed by atoms with van der Waals surface area (Å²) in [6.45, 7) is 11.4. The molecule has 0 spiro atoms. The highest BCUT2D eigenvalue weighted by Gasteiger charge is 2.20. The molecular formula is C16H28N4O. The molecule has 0 aromatic carbocycles. The van der Waals surface area contributed by atoms with Crippen LogP contribution in [0.1, 0.15) is 57.1 Å². The number of anilines is 1. The van der Waals surface area contributed by atoms with Crippen molar-refractivity contribution in [1.82, 2.24) is 10.3 Å². The lowest BCUT2D eigenvalue weighted by Gasteiger charge is -2.27. The summed E-state index contributed by atoms with van der Waals surface area (Å²) >= 11 is 0. The zero-order chi connectivity index (χ0) is 16.0. The monoisotopic (exact) mass is 292 g/mol. The van der Waals surface area contributed by atoms with Gasteiger partial charge in [0.15, 0.2) is 0 Å². The molecule has 0 saturated heterocycles. The Morgan fingerprint density at radius 1 is 1.38 bits per heavy atom. The molecule has 1 heterocycles. The van der Waals surface area contributed by atoms with Gasteiger partial charge in [0.2, 0.25) is 0 Å². The van der Waals surface area contributed by atoms with Crippen LogP contribution < -0.4 is 16.6 Å². The largest absolute Gasteiger partial charge is 0.352 e. The van der Waals surface area contributed by atoms with Crippen molar-refractivity contribution in [3.05, 3.63) is 23.4 Å². The highest BCUT2D eigenvalue weighted by atomic mass is 16.1. The molecule has 0 radical (unpaired) electrons. The summed E-state index contributed by atoms with van der Waals surface area (Å²) in [7, 11) is 0. The van der Waals surface area contributed by atoms with E-state index in [9.17, 15) is 4.79 Å². The minimum atomic E-state index is -0.0812. The van der Waals surface area contributed by atoms with Gasteiger partial charge in [-0.05, 0) is 29.9 Å². The molecule has 1 atom stereocenters. The molecular weight excluding hydrogens is 264 g/mol. The van der Waals surface area contributed by atoms with Gasteiger partial charge in [0, 0.05) is 17.8 Å². The maximum Gasteiger partial charge on any atom is 0.251 e. The van der Waals surface area contributed by atoms with E-state index in [-0.39, 0.29) is 11.3 Å². The Kier molecular flexibility index (Phi) is 6.15. The molecule has 1 rings (SSSR count). The van der Waals surface area contributed by atoms with Crippen molar-refractivity contribution in [3.8, 4) is 0 Å². The summed E-state index contributed by atoms with van der Waals surface area (Å²) in [5, 5.41) is 2.99. The average molecular weight is 292 g/mol. The predicted molar refractivity (Wildman–Crippen MR) is 87.0 cm³/mol. The Morgan fingerprint density at radius 3 is 2.57 bits per heavy atom.